The van der Waals surface area contributed by atoms with Crippen molar-refractivity contribution in [1.29, 1.82) is 0 Å². The molecule has 0 aliphatic carbocycles. The highest BCUT2D eigenvalue weighted by atomic mass is 79.9. The van der Waals surface area contributed by atoms with Gasteiger partial charge in [-0.2, -0.15) is 0 Å². The van der Waals surface area contributed by atoms with Crippen molar-refractivity contribution in [2.75, 3.05) is 7.11 Å². The Hall–Kier alpha value is -1.35. The number of aryl methyl sites for hydroxylation is 1. The summed E-state index contributed by atoms with van der Waals surface area (Å²) in [5.41, 5.74) is 2.07. The van der Waals surface area contributed by atoms with E-state index in [4.69, 9.17) is 4.74 Å². The first-order chi connectivity index (χ1) is 8.11. The van der Waals surface area contributed by atoms with Crippen molar-refractivity contribution in [3.63, 3.8) is 0 Å². The zero-order valence-electron chi connectivity index (χ0n) is 9.63. The lowest BCUT2D eigenvalue weighted by molar-refractivity contribution is 0.415. The molecule has 0 radical (unpaired) electrons. The van der Waals surface area contributed by atoms with Crippen molar-refractivity contribution in [2.45, 2.75) is 6.92 Å². The van der Waals surface area contributed by atoms with Crippen LogP contribution in [0.3, 0.4) is 0 Å². The molecule has 0 bridgehead atoms. The molecule has 1 nitrogen and oxygen atoms in total. The Kier molecular flexibility index (Phi) is 3.48. The van der Waals surface area contributed by atoms with E-state index in [1.807, 2.05) is 24.3 Å². The van der Waals surface area contributed by atoms with Crippen molar-refractivity contribution in [2.24, 2.45) is 0 Å². The minimum Gasteiger partial charge on any atom is -0.497 e. The van der Waals surface area contributed by atoms with Crippen LogP contribution >= 0.6 is 15.9 Å². The molecule has 0 atom stereocenters. The molecule has 0 fully saturated rings. The highest BCUT2D eigenvalue weighted by molar-refractivity contribution is 9.10. The largest absolute Gasteiger partial charge is 0.497 e. The second-order valence-electron chi connectivity index (χ2n) is 3.81. The van der Waals surface area contributed by atoms with Gasteiger partial charge in [-0.15, -0.1) is 0 Å². The number of hydrogen-bond acceptors (Lipinski definition) is 1. The SMILES string of the molecule is COc1ccc(-c2cc(Br)cc(C)c2F)cc1. The predicted molar refractivity (Wildman–Crippen MR) is 70.8 cm³/mol. The van der Waals surface area contributed by atoms with Crippen LogP contribution in [0.5, 0.6) is 5.75 Å². The van der Waals surface area contributed by atoms with Gasteiger partial charge in [-0.1, -0.05) is 28.1 Å². The maximum atomic E-state index is 14.0. The van der Waals surface area contributed by atoms with Crippen LogP contribution in [0.4, 0.5) is 4.39 Å². The quantitative estimate of drug-likeness (QED) is 0.788. The monoisotopic (exact) mass is 294 g/mol. The van der Waals surface area contributed by atoms with E-state index in [1.54, 1.807) is 26.2 Å². The standard InChI is InChI=1S/C14H12BrFO/c1-9-7-11(15)8-13(14(9)16)10-3-5-12(17-2)6-4-10/h3-8H,1-2H3. The molecule has 3 heteroatoms. The smallest absolute Gasteiger partial charge is 0.134 e. The molecule has 0 heterocycles. The molecule has 2 aromatic carbocycles. The fourth-order valence-electron chi connectivity index (χ4n) is 1.71. The summed E-state index contributed by atoms with van der Waals surface area (Å²) >= 11 is 3.38. The minimum absolute atomic E-state index is 0.182. The summed E-state index contributed by atoms with van der Waals surface area (Å²) in [5.74, 6) is 0.583. The molecular weight excluding hydrogens is 283 g/mol. The van der Waals surface area contributed by atoms with E-state index in [2.05, 4.69) is 15.9 Å². The van der Waals surface area contributed by atoms with E-state index in [0.29, 0.717) is 11.1 Å². The van der Waals surface area contributed by atoms with Crippen molar-refractivity contribution >= 4 is 15.9 Å². The number of ether oxygens (including phenoxy) is 1. The van der Waals surface area contributed by atoms with Gasteiger partial charge in [-0.3, -0.25) is 0 Å². The van der Waals surface area contributed by atoms with Crippen LogP contribution in [-0.2, 0) is 0 Å². The first kappa shape index (κ1) is 12.1. The summed E-state index contributed by atoms with van der Waals surface area (Å²) in [7, 11) is 1.61. The fraction of sp³-hybridized carbons (Fsp3) is 0.143. The summed E-state index contributed by atoms with van der Waals surface area (Å²) in [6.45, 7) is 1.76. The van der Waals surface area contributed by atoms with Crippen LogP contribution in [0.15, 0.2) is 40.9 Å². The molecule has 0 saturated carbocycles. The highest BCUT2D eigenvalue weighted by Crippen LogP contribution is 2.29. The van der Waals surface area contributed by atoms with Gasteiger partial charge in [-0.25, -0.2) is 4.39 Å². The predicted octanol–water partition coefficient (Wildman–Crippen LogP) is 4.57. The van der Waals surface area contributed by atoms with E-state index in [0.717, 1.165) is 15.8 Å². The summed E-state index contributed by atoms with van der Waals surface area (Å²) in [4.78, 5) is 0. The molecule has 0 aliphatic heterocycles. The van der Waals surface area contributed by atoms with E-state index in [1.165, 1.54) is 0 Å². The zero-order valence-corrected chi connectivity index (χ0v) is 11.2. The zero-order chi connectivity index (χ0) is 12.4. The third-order valence-electron chi connectivity index (χ3n) is 2.62. The molecule has 17 heavy (non-hydrogen) atoms. The normalized spacial score (nSPS) is 10.4. The van der Waals surface area contributed by atoms with Gasteiger partial charge in [0.1, 0.15) is 11.6 Å². The lowest BCUT2D eigenvalue weighted by Gasteiger charge is -2.08. The van der Waals surface area contributed by atoms with E-state index < -0.39 is 0 Å². The van der Waals surface area contributed by atoms with Crippen molar-refractivity contribution in [1.82, 2.24) is 0 Å². The average molecular weight is 295 g/mol. The average Bonchev–Trinajstić information content (AvgIpc) is 2.34. The Morgan fingerprint density at radius 3 is 2.35 bits per heavy atom. The van der Waals surface area contributed by atoms with Crippen LogP contribution in [0, 0.1) is 12.7 Å². The molecule has 0 amide bonds. The van der Waals surface area contributed by atoms with E-state index in [-0.39, 0.29) is 5.82 Å². The molecular formula is C14H12BrFO. The minimum atomic E-state index is -0.182. The Morgan fingerprint density at radius 2 is 1.76 bits per heavy atom. The van der Waals surface area contributed by atoms with E-state index >= 15 is 0 Å². The van der Waals surface area contributed by atoms with Crippen LogP contribution in [0.25, 0.3) is 11.1 Å². The number of methoxy groups -OCH3 is 1. The summed E-state index contributed by atoms with van der Waals surface area (Å²) in [5, 5.41) is 0. The number of hydrogen-bond donors (Lipinski definition) is 0. The second-order valence-corrected chi connectivity index (χ2v) is 4.73. The van der Waals surface area contributed by atoms with Gasteiger partial charge in [-0.05, 0) is 42.3 Å². The maximum absolute atomic E-state index is 14.0. The first-order valence-corrected chi connectivity index (χ1v) is 6.01. The molecule has 0 spiro atoms. The Labute approximate surface area is 108 Å². The van der Waals surface area contributed by atoms with Gasteiger partial charge in [0.25, 0.3) is 0 Å². The van der Waals surface area contributed by atoms with Crippen molar-refractivity contribution in [3.8, 4) is 16.9 Å². The second kappa shape index (κ2) is 4.88. The molecule has 0 saturated heterocycles. The molecule has 88 valence electrons. The van der Waals surface area contributed by atoms with Crippen LogP contribution in [0.2, 0.25) is 0 Å². The van der Waals surface area contributed by atoms with Gasteiger partial charge in [0.15, 0.2) is 0 Å². The highest BCUT2D eigenvalue weighted by Gasteiger charge is 2.09. The molecule has 2 aromatic rings. The molecule has 0 aliphatic rings. The summed E-state index contributed by atoms with van der Waals surface area (Å²) < 4.78 is 20.0. The van der Waals surface area contributed by atoms with Gasteiger partial charge in [0, 0.05) is 10.0 Å². The topological polar surface area (TPSA) is 9.23 Å². The first-order valence-electron chi connectivity index (χ1n) is 5.22. The lowest BCUT2D eigenvalue weighted by atomic mass is 10.0. The van der Waals surface area contributed by atoms with Gasteiger partial charge in [0.2, 0.25) is 0 Å². The van der Waals surface area contributed by atoms with Crippen LogP contribution in [-0.4, -0.2) is 7.11 Å². The number of benzene rings is 2. The van der Waals surface area contributed by atoms with Crippen molar-refractivity contribution in [3.05, 3.63) is 52.3 Å². The molecule has 0 unspecified atom stereocenters. The van der Waals surface area contributed by atoms with Gasteiger partial charge in [0.05, 0.1) is 7.11 Å². The molecule has 2 rings (SSSR count). The Balaban J connectivity index is 2.52. The fourth-order valence-corrected chi connectivity index (χ4v) is 2.28. The molecule has 0 aromatic heterocycles. The van der Waals surface area contributed by atoms with Crippen molar-refractivity contribution < 1.29 is 9.13 Å². The number of rotatable bonds is 2. The van der Waals surface area contributed by atoms with Crippen LogP contribution < -0.4 is 4.74 Å². The number of halogens is 2. The van der Waals surface area contributed by atoms with Gasteiger partial charge < -0.3 is 4.74 Å². The maximum Gasteiger partial charge on any atom is 0.134 e. The van der Waals surface area contributed by atoms with E-state index in [9.17, 15) is 4.39 Å². The third kappa shape index (κ3) is 2.50. The third-order valence-corrected chi connectivity index (χ3v) is 3.08. The summed E-state index contributed by atoms with van der Waals surface area (Å²) in [6, 6.07) is 10.9. The Morgan fingerprint density at radius 1 is 1.12 bits per heavy atom. The Bertz CT molecular complexity index is 535. The summed E-state index contributed by atoms with van der Waals surface area (Å²) in [6.07, 6.45) is 0. The van der Waals surface area contributed by atoms with Crippen LogP contribution in [0.1, 0.15) is 5.56 Å². The molecule has 0 N–H and O–H groups in total. The lowest BCUT2D eigenvalue weighted by Crippen LogP contribution is -1.89. The van der Waals surface area contributed by atoms with Gasteiger partial charge >= 0.3 is 0 Å².